The Morgan fingerprint density at radius 1 is 1.50 bits per heavy atom. The molecule has 1 aliphatic rings. The third-order valence-electron chi connectivity index (χ3n) is 2.34. The molecule has 1 fully saturated rings. The predicted octanol–water partition coefficient (Wildman–Crippen LogP) is 2.91. The quantitative estimate of drug-likeness (QED) is 0.681. The summed E-state index contributed by atoms with van der Waals surface area (Å²) in [5.74, 6) is -0.719. The van der Waals surface area contributed by atoms with Crippen molar-refractivity contribution < 1.29 is 13.9 Å². The van der Waals surface area contributed by atoms with Crippen molar-refractivity contribution in [1.29, 1.82) is 0 Å². The molecule has 0 bridgehead atoms. The van der Waals surface area contributed by atoms with Crippen LogP contribution in [-0.4, -0.2) is 23.3 Å². The Labute approximate surface area is 88.6 Å². The van der Waals surface area contributed by atoms with Crippen molar-refractivity contribution in [3.8, 4) is 0 Å². The molecule has 0 N–H and O–H groups in total. The van der Waals surface area contributed by atoms with Gasteiger partial charge in [-0.2, -0.15) is 0 Å². The van der Waals surface area contributed by atoms with Crippen molar-refractivity contribution >= 4 is 17.7 Å². The van der Waals surface area contributed by atoms with E-state index in [1.54, 1.807) is 6.92 Å². The van der Waals surface area contributed by atoms with Crippen LogP contribution in [0.5, 0.6) is 0 Å². The Hall–Kier alpha value is -0.250. The number of hydrogen-bond donors (Lipinski definition) is 0. The number of esters is 1. The fourth-order valence-corrected chi connectivity index (χ4v) is 2.76. The molecular formula is C10H17FO2S. The van der Waals surface area contributed by atoms with E-state index in [9.17, 15) is 9.18 Å². The highest BCUT2D eigenvalue weighted by Crippen LogP contribution is 2.31. The zero-order valence-electron chi connectivity index (χ0n) is 8.50. The lowest BCUT2D eigenvalue weighted by molar-refractivity contribution is -0.145. The molecule has 1 unspecified atom stereocenters. The smallest absolute Gasteiger partial charge is 0.351 e. The van der Waals surface area contributed by atoms with Gasteiger partial charge in [-0.15, -0.1) is 11.8 Å². The third-order valence-corrected chi connectivity index (χ3v) is 3.62. The molecule has 0 heterocycles. The first kappa shape index (κ1) is 11.8. The van der Waals surface area contributed by atoms with Crippen molar-refractivity contribution in [3.05, 3.63) is 0 Å². The number of carbonyl (C=O) groups excluding carboxylic acids is 1. The molecule has 0 spiro atoms. The van der Waals surface area contributed by atoms with Crippen LogP contribution in [-0.2, 0) is 9.53 Å². The molecule has 4 heteroatoms. The summed E-state index contributed by atoms with van der Waals surface area (Å²) in [7, 11) is 0. The summed E-state index contributed by atoms with van der Waals surface area (Å²) in [4.78, 5) is 11.0. The summed E-state index contributed by atoms with van der Waals surface area (Å²) in [5, 5.41) is 0.308. The molecule has 0 saturated heterocycles. The van der Waals surface area contributed by atoms with E-state index in [2.05, 4.69) is 4.74 Å². The zero-order valence-corrected chi connectivity index (χ0v) is 9.32. The summed E-state index contributed by atoms with van der Waals surface area (Å²) in [6, 6.07) is 0. The first-order valence-corrected chi connectivity index (χ1v) is 6.14. The van der Waals surface area contributed by atoms with Crippen LogP contribution in [0.3, 0.4) is 0 Å². The first-order chi connectivity index (χ1) is 6.74. The second kappa shape index (κ2) is 6.27. The SMILES string of the molecule is CCOC(=O)C(F)SC1CCCCC1. The van der Waals surface area contributed by atoms with Crippen LogP contribution >= 0.6 is 11.8 Å². The molecule has 0 radical (unpaired) electrons. The van der Waals surface area contributed by atoms with Gasteiger partial charge in [0.25, 0.3) is 0 Å². The number of hydrogen-bond acceptors (Lipinski definition) is 3. The van der Waals surface area contributed by atoms with Crippen molar-refractivity contribution in [2.24, 2.45) is 0 Å². The number of halogens is 1. The highest BCUT2D eigenvalue weighted by Gasteiger charge is 2.25. The molecule has 0 aromatic carbocycles. The highest BCUT2D eigenvalue weighted by atomic mass is 32.2. The topological polar surface area (TPSA) is 26.3 Å². The Bertz CT molecular complexity index is 181. The number of carbonyl (C=O) groups is 1. The summed E-state index contributed by atoms with van der Waals surface area (Å²) in [6.45, 7) is 1.94. The van der Waals surface area contributed by atoms with Crippen molar-refractivity contribution in [2.75, 3.05) is 6.61 Å². The largest absolute Gasteiger partial charge is 0.463 e. The van der Waals surface area contributed by atoms with Crippen molar-refractivity contribution in [1.82, 2.24) is 0 Å². The Morgan fingerprint density at radius 3 is 2.71 bits per heavy atom. The van der Waals surface area contributed by atoms with Crippen molar-refractivity contribution in [2.45, 2.75) is 49.8 Å². The maximum absolute atomic E-state index is 13.3. The van der Waals surface area contributed by atoms with E-state index in [0.29, 0.717) is 5.25 Å². The summed E-state index contributed by atoms with van der Waals surface area (Å²) >= 11 is 1.13. The van der Waals surface area contributed by atoms with Gasteiger partial charge >= 0.3 is 5.97 Å². The second-order valence-electron chi connectivity index (χ2n) is 3.46. The van der Waals surface area contributed by atoms with Crippen LogP contribution in [0.1, 0.15) is 39.0 Å². The van der Waals surface area contributed by atoms with E-state index in [-0.39, 0.29) is 6.61 Å². The van der Waals surface area contributed by atoms with Crippen LogP contribution in [0, 0.1) is 0 Å². The standard InChI is InChI=1S/C10H17FO2S/c1-2-13-10(12)9(11)14-8-6-4-3-5-7-8/h8-9H,2-7H2,1H3. The average molecular weight is 220 g/mol. The van der Waals surface area contributed by atoms with E-state index in [1.165, 1.54) is 6.42 Å². The lowest BCUT2D eigenvalue weighted by atomic mass is 10.0. The van der Waals surface area contributed by atoms with Gasteiger partial charge in [-0.05, 0) is 19.8 Å². The normalized spacial score (nSPS) is 20.4. The van der Waals surface area contributed by atoms with Gasteiger partial charge in [0.15, 0.2) is 0 Å². The molecule has 1 saturated carbocycles. The highest BCUT2D eigenvalue weighted by molar-refractivity contribution is 8.01. The van der Waals surface area contributed by atoms with Gasteiger partial charge in [0.2, 0.25) is 5.50 Å². The maximum Gasteiger partial charge on any atom is 0.351 e. The average Bonchev–Trinajstić information content (AvgIpc) is 2.19. The fraction of sp³-hybridized carbons (Fsp3) is 0.900. The van der Waals surface area contributed by atoms with Crippen LogP contribution in [0.4, 0.5) is 4.39 Å². The molecule has 0 aromatic heterocycles. The van der Waals surface area contributed by atoms with Crippen LogP contribution in [0.25, 0.3) is 0 Å². The van der Waals surface area contributed by atoms with Gasteiger partial charge in [-0.25, -0.2) is 9.18 Å². The molecule has 0 aliphatic heterocycles. The minimum absolute atomic E-state index is 0.254. The van der Waals surface area contributed by atoms with Gasteiger partial charge in [0.1, 0.15) is 0 Å². The summed E-state index contributed by atoms with van der Waals surface area (Å²) in [5.41, 5.74) is -1.49. The first-order valence-electron chi connectivity index (χ1n) is 5.20. The Kier molecular flexibility index (Phi) is 5.30. The fourth-order valence-electron chi connectivity index (χ4n) is 1.63. The van der Waals surface area contributed by atoms with Gasteiger partial charge < -0.3 is 4.74 Å². The zero-order chi connectivity index (χ0) is 10.4. The number of thioether (sulfide) groups is 1. The predicted molar refractivity (Wildman–Crippen MR) is 56.0 cm³/mol. The molecule has 1 rings (SSSR count). The van der Waals surface area contributed by atoms with Gasteiger partial charge in [-0.3, -0.25) is 0 Å². The van der Waals surface area contributed by atoms with Gasteiger partial charge in [-0.1, -0.05) is 19.3 Å². The van der Waals surface area contributed by atoms with Crippen LogP contribution < -0.4 is 0 Å². The lowest BCUT2D eigenvalue weighted by Gasteiger charge is -2.21. The minimum Gasteiger partial charge on any atom is -0.463 e. The second-order valence-corrected chi connectivity index (χ2v) is 4.82. The maximum atomic E-state index is 13.3. The van der Waals surface area contributed by atoms with Gasteiger partial charge in [0.05, 0.1) is 6.61 Å². The van der Waals surface area contributed by atoms with E-state index >= 15 is 0 Å². The molecule has 2 nitrogen and oxygen atoms in total. The van der Waals surface area contributed by atoms with E-state index in [4.69, 9.17) is 0 Å². The monoisotopic (exact) mass is 220 g/mol. The molecule has 1 aliphatic carbocycles. The van der Waals surface area contributed by atoms with E-state index in [0.717, 1.165) is 37.4 Å². The number of alkyl halides is 1. The summed E-state index contributed by atoms with van der Waals surface area (Å²) < 4.78 is 17.9. The molecule has 0 aromatic rings. The molecule has 14 heavy (non-hydrogen) atoms. The lowest BCUT2D eigenvalue weighted by Crippen LogP contribution is -2.20. The molecule has 0 amide bonds. The van der Waals surface area contributed by atoms with Crippen LogP contribution in [0.2, 0.25) is 0 Å². The van der Waals surface area contributed by atoms with E-state index in [1.807, 2.05) is 0 Å². The van der Waals surface area contributed by atoms with E-state index < -0.39 is 11.5 Å². The third kappa shape index (κ3) is 3.86. The van der Waals surface area contributed by atoms with Crippen molar-refractivity contribution in [3.63, 3.8) is 0 Å². The molecule has 82 valence electrons. The number of ether oxygens (including phenoxy) is 1. The molecular weight excluding hydrogens is 203 g/mol. The minimum atomic E-state index is -1.49. The Morgan fingerprint density at radius 2 is 2.14 bits per heavy atom. The Balaban J connectivity index is 2.24. The van der Waals surface area contributed by atoms with Crippen LogP contribution in [0.15, 0.2) is 0 Å². The number of rotatable bonds is 4. The summed E-state index contributed by atoms with van der Waals surface area (Å²) in [6.07, 6.45) is 5.63. The van der Waals surface area contributed by atoms with Gasteiger partial charge in [0, 0.05) is 5.25 Å². The molecule has 1 atom stereocenters.